The summed E-state index contributed by atoms with van der Waals surface area (Å²) in [7, 11) is 0. The maximum absolute atomic E-state index is 12.1. The second-order valence-corrected chi connectivity index (χ2v) is 14.6. The van der Waals surface area contributed by atoms with Crippen LogP contribution in [0.5, 0.6) is 0 Å². The van der Waals surface area contributed by atoms with Crippen molar-refractivity contribution in [2.75, 3.05) is 13.1 Å². The van der Waals surface area contributed by atoms with Crippen molar-refractivity contribution in [3.63, 3.8) is 0 Å². The zero-order valence-corrected chi connectivity index (χ0v) is 34.8. The van der Waals surface area contributed by atoms with Crippen LogP contribution in [0, 0.1) is 0 Å². The molecule has 0 spiro atoms. The van der Waals surface area contributed by atoms with Crippen molar-refractivity contribution in [3.05, 3.63) is 24.3 Å². The summed E-state index contributed by atoms with van der Waals surface area (Å²) in [6.07, 6.45) is 28.3. The Hall–Kier alpha value is -2.72. The van der Waals surface area contributed by atoms with Gasteiger partial charge in [0, 0.05) is 38.8 Å². The van der Waals surface area contributed by atoms with Crippen molar-refractivity contribution in [2.45, 2.75) is 219 Å². The molecule has 4 N–H and O–H groups in total. The van der Waals surface area contributed by atoms with Crippen LogP contribution in [0.25, 0.3) is 0 Å². The van der Waals surface area contributed by atoms with Crippen molar-refractivity contribution >= 4 is 23.8 Å². The van der Waals surface area contributed by atoms with Gasteiger partial charge >= 0.3 is 11.9 Å². The van der Waals surface area contributed by atoms with E-state index in [1.54, 1.807) is 13.8 Å². The van der Waals surface area contributed by atoms with Gasteiger partial charge in [-0.05, 0) is 77.0 Å². The zero-order chi connectivity index (χ0) is 40.1. The maximum atomic E-state index is 12.1. The highest BCUT2D eigenvalue weighted by atomic mass is 16.6. The molecule has 0 aliphatic rings. The number of carbonyl (C=O) groups is 4. The summed E-state index contributed by atoms with van der Waals surface area (Å²) in [6.45, 7) is 8.68. The fourth-order valence-electron chi connectivity index (χ4n) is 6.10. The van der Waals surface area contributed by atoms with Crippen molar-refractivity contribution in [1.29, 1.82) is 0 Å². The number of ether oxygens (including phenoxy) is 2. The normalized spacial score (nSPS) is 13.8. The smallest absolute Gasteiger partial charge is 0.305 e. The second-order valence-electron chi connectivity index (χ2n) is 14.6. The van der Waals surface area contributed by atoms with Gasteiger partial charge in [-0.2, -0.15) is 0 Å². The number of allylic oxidation sites excluding steroid dienone is 2. The largest absolute Gasteiger partial charge is 0.460 e. The minimum absolute atomic E-state index is 0.0264. The van der Waals surface area contributed by atoms with Crippen LogP contribution < -0.4 is 10.6 Å². The van der Waals surface area contributed by atoms with Crippen LogP contribution in [0.3, 0.4) is 0 Å². The Morgan fingerprint density at radius 2 is 0.870 bits per heavy atom. The highest BCUT2D eigenvalue weighted by Crippen LogP contribution is 2.17. The molecule has 0 radical (unpaired) electrons. The lowest BCUT2D eigenvalue weighted by atomic mass is 10.0. The van der Waals surface area contributed by atoms with E-state index in [1.165, 1.54) is 0 Å². The summed E-state index contributed by atoms with van der Waals surface area (Å²) in [6, 6.07) is 0. The number of rotatable bonds is 37. The van der Waals surface area contributed by atoms with Crippen LogP contribution in [-0.2, 0) is 28.7 Å². The Morgan fingerprint density at radius 3 is 1.24 bits per heavy atom. The Kier molecular flexibility index (Phi) is 35.3. The van der Waals surface area contributed by atoms with Gasteiger partial charge in [0.1, 0.15) is 12.2 Å². The van der Waals surface area contributed by atoms with Gasteiger partial charge < -0.3 is 30.3 Å². The Morgan fingerprint density at radius 1 is 0.500 bits per heavy atom. The maximum Gasteiger partial charge on any atom is 0.305 e. The molecule has 0 aromatic carbocycles. The number of aliphatic hydroxyl groups excluding tert-OH is 2. The van der Waals surface area contributed by atoms with E-state index in [1.807, 2.05) is 12.2 Å². The summed E-state index contributed by atoms with van der Waals surface area (Å²) in [5, 5.41) is 26.8. The molecule has 0 rings (SSSR count). The van der Waals surface area contributed by atoms with Gasteiger partial charge in [-0.15, -0.1) is 0 Å². The third-order valence-electron chi connectivity index (χ3n) is 9.59. The Bertz CT molecular complexity index is 923. The quantitative estimate of drug-likeness (QED) is 0.0278. The van der Waals surface area contributed by atoms with E-state index in [0.29, 0.717) is 64.5 Å². The molecule has 10 nitrogen and oxygen atoms in total. The number of aliphatic hydroxyl groups is 2. The molecule has 0 bridgehead atoms. The molecule has 0 saturated heterocycles. The summed E-state index contributed by atoms with van der Waals surface area (Å²) in [4.78, 5) is 47.7. The highest BCUT2D eigenvalue weighted by molar-refractivity contribution is 5.77. The van der Waals surface area contributed by atoms with Gasteiger partial charge in [-0.1, -0.05) is 116 Å². The molecule has 10 heteroatoms. The highest BCUT2D eigenvalue weighted by Gasteiger charge is 2.22. The molecule has 0 heterocycles. The zero-order valence-electron chi connectivity index (χ0n) is 34.8. The number of amides is 2. The van der Waals surface area contributed by atoms with Crippen LogP contribution in [0.4, 0.5) is 0 Å². The van der Waals surface area contributed by atoms with E-state index in [0.717, 1.165) is 116 Å². The van der Waals surface area contributed by atoms with E-state index in [-0.39, 0.29) is 23.8 Å². The lowest BCUT2D eigenvalue weighted by Gasteiger charge is -2.22. The fourth-order valence-corrected chi connectivity index (χ4v) is 6.10. The molecule has 0 aliphatic heterocycles. The Labute approximate surface area is 329 Å². The molecule has 0 saturated carbocycles. The number of carbonyl (C=O) groups excluding carboxylic acids is 4. The lowest BCUT2D eigenvalue weighted by molar-refractivity contribution is -0.155. The predicted molar refractivity (Wildman–Crippen MR) is 219 cm³/mol. The molecular weight excluding hydrogens is 684 g/mol. The lowest BCUT2D eigenvalue weighted by Crippen LogP contribution is -2.34. The number of unbranched alkanes of at least 4 members (excludes halogenated alkanes) is 14. The minimum atomic E-state index is -0.669. The van der Waals surface area contributed by atoms with Crippen LogP contribution in [-0.4, -0.2) is 71.5 Å². The first-order chi connectivity index (χ1) is 26.2. The Balaban J connectivity index is 3.79. The molecule has 0 aliphatic carbocycles. The van der Waals surface area contributed by atoms with Gasteiger partial charge in [-0.3, -0.25) is 19.2 Å². The number of esters is 2. The first-order valence-corrected chi connectivity index (χ1v) is 21.8. The molecule has 54 heavy (non-hydrogen) atoms. The fraction of sp³-hybridized carbons (Fsp3) is 0.818. The van der Waals surface area contributed by atoms with Gasteiger partial charge in [0.25, 0.3) is 0 Å². The van der Waals surface area contributed by atoms with Gasteiger partial charge in [0.15, 0.2) is 0 Å². The molecule has 4 unspecified atom stereocenters. The molecular formula is C44H80N2O8. The molecule has 0 aromatic heterocycles. The summed E-state index contributed by atoms with van der Waals surface area (Å²) in [5.41, 5.74) is 0. The van der Waals surface area contributed by atoms with E-state index in [9.17, 15) is 29.4 Å². The minimum Gasteiger partial charge on any atom is -0.460 e. The SMILES string of the molecule is CCCCCC(OC(=O)CC)C(O)CC=CCCCCCCCC(=O)NCCNC(=O)CCCCCCCC=CCC(O)C(CCCCC)OC(=O)CC. The third kappa shape index (κ3) is 31.6. The molecule has 0 aromatic rings. The topological polar surface area (TPSA) is 151 Å². The monoisotopic (exact) mass is 765 g/mol. The number of hydrogen-bond acceptors (Lipinski definition) is 8. The van der Waals surface area contributed by atoms with E-state index in [2.05, 4.69) is 36.6 Å². The molecule has 314 valence electrons. The average Bonchev–Trinajstić information content (AvgIpc) is 3.16. The average molecular weight is 765 g/mol. The van der Waals surface area contributed by atoms with Crippen molar-refractivity contribution < 1.29 is 38.9 Å². The van der Waals surface area contributed by atoms with Crippen molar-refractivity contribution in [3.8, 4) is 0 Å². The second kappa shape index (κ2) is 37.2. The summed E-state index contributed by atoms with van der Waals surface area (Å²) in [5.74, 6) is -0.467. The number of nitrogens with one attached hydrogen (secondary N) is 2. The van der Waals surface area contributed by atoms with Crippen molar-refractivity contribution in [2.24, 2.45) is 0 Å². The predicted octanol–water partition coefficient (Wildman–Crippen LogP) is 9.10. The van der Waals surface area contributed by atoms with Gasteiger partial charge in [0.05, 0.1) is 12.2 Å². The van der Waals surface area contributed by atoms with E-state index in [4.69, 9.17) is 9.47 Å². The molecule has 0 fully saturated rings. The molecule has 2 amide bonds. The van der Waals surface area contributed by atoms with Gasteiger partial charge in [0.2, 0.25) is 11.8 Å². The van der Waals surface area contributed by atoms with Crippen molar-refractivity contribution in [1.82, 2.24) is 10.6 Å². The standard InChI is InChI=1S/C44H80N2O8/c1-5-9-23-31-39(53-43(51)7-3)37(47)29-25-19-15-11-13-17-21-27-33-41(49)45-35-36-46-42(50)34-28-22-18-14-12-16-20-26-30-38(48)40(32-24-10-6-2)54-44(52)8-4/h19-20,25-26,37-40,47-48H,5-18,21-24,27-36H2,1-4H3,(H,45,49)(H,46,50). The molecule has 4 atom stereocenters. The van der Waals surface area contributed by atoms with Crippen LogP contribution in [0.2, 0.25) is 0 Å². The van der Waals surface area contributed by atoms with Crippen LogP contribution in [0.15, 0.2) is 24.3 Å². The van der Waals surface area contributed by atoms with E-state index >= 15 is 0 Å². The first-order valence-electron chi connectivity index (χ1n) is 21.8. The summed E-state index contributed by atoms with van der Waals surface area (Å²) < 4.78 is 10.9. The van der Waals surface area contributed by atoms with Crippen LogP contribution in [0.1, 0.15) is 195 Å². The first kappa shape index (κ1) is 51.3. The van der Waals surface area contributed by atoms with Crippen LogP contribution >= 0.6 is 0 Å². The van der Waals surface area contributed by atoms with Gasteiger partial charge in [-0.25, -0.2) is 0 Å². The van der Waals surface area contributed by atoms with E-state index < -0.39 is 24.4 Å². The third-order valence-corrected chi connectivity index (χ3v) is 9.59. The summed E-state index contributed by atoms with van der Waals surface area (Å²) >= 11 is 0. The number of hydrogen-bond donors (Lipinski definition) is 4.